The maximum absolute atomic E-state index is 13.6. The van der Waals surface area contributed by atoms with Gasteiger partial charge in [0.15, 0.2) is 0 Å². The van der Waals surface area contributed by atoms with Gasteiger partial charge in [0, 0.05) is 62.1 Å². The highest BCUT2D eigenvalue weighted by atomic mass is 35.5. The lowest BCUT2D eigenvalue weighted by Gasteiger charge is -2.38. The van der Waals surface area contributed by atoms with Crippen LogP contribution in [0.15, 0.2) is 48.5 Å². The van der Waals surface area contributed by atoms with E-state index in [1.165, 1.54) is 12.1 Å². The highest BCUT2D eigenvalue weighted by molar-refractivity contribution is 6.31. The van der Waals surface area contributed by atoms with E-state index in [4.69, 9.17) is 11.6 Å². The van der Waals surface area contributed by atoms with Crippen LogP contribution in [0.2, 0.25) is 5.02 Å². The zero-order chi connectivity index (χ0) is 25.2. The third-order valence-electron chi connectivity index (χ3n) is 6.72. The molecule has 2 fully saturated rings. The third-order valence-corrected chi connectivity index (χ3v) is 7.09. The first-order chi connectivity index (χ1) is 16.6. The van der Waals surface area contributed by atoms with Crippen LogP contribution in [0, 0.1) is 0 Å². The number of halogens is 4. The zero-order valence-electron chi connectivity index (χ0n) is 20.1. The molecule has 5 nitrogen and oxygen atoms in total. The molecule has 2 aliphatic heterocycles. The van der Waals surface area contributed by atoms with Crippen molar-refractivity contribution in [2.75, 3.05) is 37.6 Å². The predicted molar refractivity (Wildman–Crippen MR) is 133 cm³/mol. The fraction of sp³-hybridized carbons (Fsp3) is 0.500. The molecule has 2 aromatic rings. The van der Waals surface area contributed by atoms with Gasteiger partial charge in [0.2, 0.25) is 5.91 Å². The minimum absolute atomic E-state index is 0.0776. The van der Waals surface area contributed by atoms with Crippen molar-refractivity contribution >= 4 is 23.2 Å². The van der Waals surface area contributed by atoms with Crippen molar-refractivity contribution in [2.45, 2.75) is 51.1 Å². The van der Waals surface area contributed by atoms with E-state index in [0.717, 1.165) is 24.6 Å². The van der Waals surface area contributed by atoms with E-state index < -0.39 is 11.7 Å². The lowest BCUT2D eigenvalue weighted by atomic mass is 10.1. The summed E-state index contributed by atoms with van der Waals surface area (Å²) in [4.78, 5) is 19.6. The molecule has 35 heavy (non-hydrogen) atoms. The SMILES string of the molecule is CC(C)N[C@@H]1C[C@@H](C(=O)N2CCN(c3cccc(C(F)(F)F)c3)CC2)N(Cc2ccccc2Cl)C1. The summed E-state index contributed by atoms with van der Waals surface area (Å²) in [6.45, 7) is 7.50. The number of piperazine rings is 1. The summed E-state index contributed by atoms with van der Waals surface area (Å²) >= 11 is 6.40. The van der Waals surface area contributed by atoms with Crippen molar-refractivity contribution in [3.05, 3.63) is 64.7 Å². The Balaban J connectivity index is 1.43. The molecule has 0 aliphatic carbocycles. The van der Waals surface area contributed by atoms with Crippen LogP contribution >= 0.6 is 11.6 Å². The lowest BCUT2D eigenvalue weighted by Crippen LogP contribution is -2.53. The number of hydrogen-bond donors (Lipinski definition) is 1. The van der Waals surface area contributed by atoms with E-state index in [-0.39, 0.29) is 18.0 Å². The van der Waals surface area contributed by atoms with Crippen LogP contribution < -0.4 is 10.2 Å². The third kappa shape index (κ3) is 6.29. The molecule has 0 aromatic heterocycles. The maximum atomic E-state index is 13.6. The molecule has 0 unspecified atom stereocenters. The summed E-state index contributed by atoms with van der Waals surface area (Å²) in [6, 6.07) is 13.3. The van der Waals surface area contributed by atoms with Gasteiger partial charge in [0.25, 0.3) is 0 Å². The van der Waals surface area contributed by atoms with Gasteiger partial charge in [0.05, 0.1) is 11.6 Å². The molecule has 1 amide bonds. The van der Waals surface area contributed by atoms with Gasteiger partial charge < -0.3 is 15.1 Å². The van der Waals surface area contributed by atoms with E-state index in [1.807, 2.05) is 34.1 Å². The van der Waals surface area contributed by atoms with Crippen LogP contribution in [0.3, 0.4) is 0 Å². The predicted octanol–water partition coefficient (Wildman–Crippen LogP) is 4.65. The molecule has 2 aliphatic rings. The number of alkyl halides is 3. The number of carbonyl (C=O) groups excluding carboxylic acids is 1. The Kier molecular flexibility index (Phi) is 7.93. The van der Waals surface area contributed by atoms with Crippen molar-refractivity contribution in [1.82, 2.24) is 15.1 Å². The number of rotatable bonds is 6. The number of hydrogen-bond acceptors (Lipinski definition) is 4. The van der Waals surface area contributed by atoms with E-state index >= 15 is 0 Å². The Labute approximate surface area is 209 Å². The molecule has 9 heteroatoms. The Hall–Kier alpha value is -2.29. The van der Waals surface area contributed by atoms with Crippen LogP contribution in [0.5, 0.6) is 0 Å². The Morgan fingerprint density at radius 3 is 2.46 bits per heavy atom. The standard InChI is InChI=1S/C26H32ClF3N4O/c1-18(2)31-21-15-24(34(17-21)16-19-6-3-4-9-23(19)27)25(35)33-12-10-32(11-13-33)22-8-5-7-20(14-22)26(28,29)30/h3-9,14,18,21,24,31H,10-13,15-17H2,1-2H3/t21-,24+/m1/s1. The van der Waals surface area contributed by atoms with Gasteiger partial charge in [-0.3, -0.25) is 9.69 Å². The molecule has 2 heterocycles. The van der Waals surface area contributed by atoms with E-state index in [1.54, 1.807) is 6.07 Å². The lowest BCUT2D eigenvalue weighted by molar-refractivity contribution is -0.137. The molecule has 2 atom stereocenters. The molecule has 4 rings (SSSR count). The number of anilines is 1. The monoisotopic (exact) mass is 508 g/mol. The van der Waals surface area contributed by atoms with Gasteiger partial charge in [0.1, 0.15) is 0 Å². The number of nitrogens with zero attached hydrogens (tertiary/aromatic N) is 3. The Bertz CT molecular complexity index is 1020. The fourth-order valence-electron chi connectivity index (χ4n) is 5.05. The molecule has 1 N–H and O–H groups in total. The highest BCUT2D eigenvalue weighted by Crippen LogP contribution is 2.32. The first-order valence-corrected chi connectivity index (χ1v) is 12.4. The van der Waals surface area contributed by atoms with Crippen molar-refractivity contribution in [3.63, 3.8) is 0 Å². The van der Waals surface area contributed by atoms with Gasteiger partial charge in [-0.05, 0) is 36.2 Å². The number of likely N-dealkylation sites (tertiary alicyclic amines) is 1. The minimum atomic E-state index is -4.37. The fourth-order valence-corrected chi connectivity index (χ4v) is 5.24. The molecule has 190 valence electrons. The van der Waals surface area contributed by atoms with Crippen LogP contribution in [0.4, 0.5) is 18.9 Å². The minimum Gasteiger partial charge on any atom is -0.368 e. The van der Waals surface area contributed by atoms with Crippen molar-refractivity contribution in [3.8, 4) is 0 Å². The highest BCUT2D eigenvalue weighted by Gasteiger charge is 2.40. The van der Waals surface area contributed by atoms with Crippen molar-refractivity contribution in [1.29, 1.82) is 0 Å². The summed E-state index contributed by atoms with van der Waals surface area (Å²) in [5.74, 6) is 0.0776. The second-order valence-corrected chi connectivity index (χ2v) is 10.1. The van der Waals surface area contributed by atoms with Crippen molar-refractivity contribution in [2.24, 2.45) is 0 Å². The van der Waals surface area contributed by atoms with Gasteiger partial charge in [-0.2, -0.15) is 13.2 Å². The molecule has 0 radical (unpaired) electrons. The number of amides is 1. The molecular weight excluding hydrogens is 477 g/mol. The second-order valence-electron chi connectivity index (χ2n) is 9.65. The molecular formula is C26H32ClF3N4O. The van der Waals surface area contributed by atoms with Gasteiger partial charge in [-0.15, -0.1) is 0 Å². The maximum Gasteiger partial charge on any atom is 0.416 e. The summed E-state index contributed by atoms with van der Waals surface area (Å²) in [6.07, 6.45) is -3.66. The molecule has 2 aromatic carbocycles. The van der Waals surface area contributed by atoms with Crippen LogP contribution in [-0.4, -0.2) is 66.6 Å². The average molecular weight is 509 g/mol. The van der Waals surface area contributed by atoms with Gasteiger partial charge >= 0.3 is 6.18 Å². The summed E-state index contributed by atoms with van der Waals surface area (Å²) in [5, 5.41) is 4.25. The normalized spacial score (nSPS) is 21.7. The van der Waals surface area contributed by atoms with Crippen LogP contribution in [-0.2, 0) is 17.5 Å². The quantitative estimate of drug-likeness (QED) is 0.616. The van der Waals surface area contributed by atoms with Gasteiger partial charge in [-0.25, -0.2) is 0 Å². The second kappa shape index (κ2) is 10.8. The van der Waals surface area contributed by atoms with E-state index in [2.05, 4.69) is 24.1 Å². The molecule has 0 saturated carbocycles. The molecule has 0 spiro atoms. The number of benzene rings is 2. The Morgan fingerprint density at radius 1 is 1.09 bits per heavy atom. The van der Waals surface area contributed by atoms with Crippen molar-refractivity contribution < 1.29 is 18.0 Å². The summed E-state index contributed by atoms with van der Waals surface area (Å²) < 4.78 is 39.3. The van der Waals surface area contributed by atoms with Crippen LogP contribution in [0.25, 0.3) is 0 Å². The summed E-state index contributed by atoms with van der Waals surface area (Å²) in [5.41, 5.74) is 0.874. The largest absolute Gasteiger partial charge is 0.416 e. The number of nitrogens with one attached hydrogen (secondary N) is 1. The average Bonchev–Trinajstić information content (AvgIpc) is 3.21. The topological polar surface area (TPSA) is 38.8 Å². The summed E-state index contributed by atoms with van der Waals surface area (Å²) in [7, 11) is 0. The Morgan fingerprint density at radius 2 is 1.80 bits per heavy atom. The smallest absolute Gasteiger partial charge is 0.368 e. The van der Waals surface area contributed by atoms with Gasteiger partial charge in [-0.1, -0.05) is 49.7 Å². The van der Waals surface area contributed by atoms with E-state index in [9.17, 15) is 18.0 Å². The first kappa shape index (κ1) is 25.8. The molecule has 2 saturated heterocycles. The first-order valence-electron chi connectivity index (χ1n) is 12.1. The van der Waals surface area contributed by atoms with E-state index in [0.29, 0.717) is 49.5 Å². The van der Waals surface area contributed by atoms with Crippen LogP contribution in [0.1, 0.15) is 31.4 Å². The molecule has 0 bridgehead atoms. The zero-order valence-corrected chi connectivity index (χ0v) is 20.8. The number of carbonyl (C=O) groups is 1.